The molecule has 1 aromatic heterocycles. The number of anilines is 1. The minimum Gasteiger partial charge on any atom is -0.334 e. The molecule has 106 valence electrons. The van der Waals surface area contributed by atoms with E-state index in [-0.39, 0.29) is 6.03 Å². The normalized spacial score (nSPS) is 10.3. The molecule has 0 radical (unpaired) electrons. The second-order valence-electron chi connectivity index (χ2n) is 4.39. The average molecular weight is 293 g/mol. The Hall–Kier alpha value is -2.01. The lowest BCUT2D eigenvalue weighted by Gasteiger charge is -2.08. The van der Waals surface area contributed by atoms with E-state index < -0.39 is 0 Å². The summed E-state index contributed by atoms with van der Waals surface area (Å²) < 4.78 is 1.89. The Morgan fingerprint density at radius 3 is 2.90 bits per heavy atom. The minimum absolute atomic E-state index is 0.268. The Labute approximate surface area is 122 Å². The van der Waals surface area contributed by atoms with E-state index in [1.165, 1.54) is 0 Å². The number of halogens is 1. The van der Waals surface area contributed by atoms with E-state index in [1.54, 1.807) is 30.5 Å². The van der Waals surface area contributed by atoms with Crippen molar-refractivity contribution in [3.05, 3.63) is 46.7 Å². The Balaban J connectivity index is 1.90. The first-order chi connectivity index (χ1) is 9.60. The Morgan fingerprint density at radius 1 is 1.45 bits per heavy atom. The van der Waals surface area contributed by atoms with E-state index in [0.29, 0.717) is 17.3 Å². The van der Waals surface area contributed by atoms with Crippen LogP contribution >= 0.6 is 11.6 Å². The minimum atomic E-state index is -0.268. The molecule has 0 bridgehead atoms. The maximum Gasteiger partial charge on any atom is 0.319 e. The largest absolute Gasteiger partial charge is 0.334 e. The van der Waals surface area contributed by atoms with Crippen LogP contribution in [0.25, 0.3) is 0 Å². The third kappa shape index (κ3) is 3.51. The third-order valence-electron chi connectivity index (χ3n) is 3.03. The highest BCUT2D eigenvalue weighted by Gasteiger charge is 2.07. The second-order valence-corrected chi connectivity index (χ2v) is 4.83. The van der Waals surface area contributed by atoms with Crippen LogP contribution in [0.1, 0.15) is 18.2 Å². The zero-order valence-electron chi connectivity index (χ0n) is 11.5. The third-order valence-corrected chi connectivity index (χ3v) is 3.26. The molecular formula is C14H17ClN4O. The number of carbonyl (C=O) groups is 1. The summed E-state index contributed by atoms with van der Waals surface area (Å²) in [5, 5.41) is 10.4. The second kappa shape index (κ2) is 6.43. The summed E-state index contributed by atoms with van der Waals surface area (Å²) in [6.45, 7) is 5.28. The number of rotatable bonds is 4. The van der Waals surface area contributed by atoms with Crippen LogP contribution in [0.5, 0.6) is 0 Å². The zero-order chi connectivity index (χ0) is 14.5. The number of aromatic nitrogens is 2. The van der Waals surface area contributed by atoms with Gasteiger partial charge in [-0.05, 0) is 32.0 Å². The molecule has 2 N–H and O–H groups in total. The predicted molar refractivity (Wildman–Crippen MR) is 79.9 cm³/mol. The van der Waals surface area contributed by atoms with E-state index >= 15 is 0 Å². The molecule has 0 aliphatic heterocycles. The van der Waals surface area contributed by atoms with Crippen LogP contribution < -0.4 is 10.6 Å². The van der Waals surface area contributed by atoms with Crippen LogP contribution in [0.15, 0.2) is 30.5 Å². The van der Waals surface area contributed by atoms with Gasteiger partial charge in [0.2, 0.25) is 0 Å². The van der Waals surface area contributed by atoms with E-state index in [4.69, 9.17) is 11.6 Å². The van der Waals surface area contributed by atoms with Crippen LogP contribution in [0.2, 0.25) is 5.02 Å². The first kappa shape index (κ1) is 14.4. The van der Waals surface area contributed by atoms with Crippen LogP contribution in [0.3, 0.4) is 0 Å². The van der Waals surface area contributed by atoms with E-state index in [0.717, 1.165) is 17.8 Å². The van der Waals surface area contributed by atoms with Gasteiger partial charge in [-0.25, -0.2) is 4.79 Å². The molecule has 1 heterocycles. The van der Waals surface area contributed by atoms with Crippen LogP contribution in [0, 0.1) is 6.92 Å². The van der Waals surface area contributed by atoms with Crippen molar-refractivity contribution >= 4 is 23.3 Å². The number of carbonyl (C=O) groups excluding carboxylic acids is 1. The van der Waals surface area contributed by atoms with Gasteiger partial charge >= 0.3 is 6.03 Å². The summed E-state index contributed by atoms with van der Waals surface area (Å²) in [6.07, 6.45) is 1.78. The summed E-state index contributed by atoms with van der Waals surface area (Å²) >= 11 is 5.86. The molecule has 0 aliphatic rings. The van der Waals surface area contributed by atoms with E-state index in [1.807, 2.05) is 18.5 Å². The van der Waals surface area contributed by atoms with Gasteiger partial charge in [-0.2, -0.15) is 5.10 Å². The number of nitrogens with one attached hydrogen (secondary N) is 2. The fourth-order valence-corrected chi connectivity index (χ4v) is 2.08. The van der Waals surface area contributed by atoms with Gasteiger partial charge in [-0.15, -0.1) is 0 Å². The molecule has 0 atom stereocenters. The van der Waals surface area contributed by atoms with Crippen molar-refractivity contribution in [2.75, 3.05) is 5.32 Å². The molecule has 0 saturated heterocycles. The smallest absolute Gasteiger partial charge is 0.319 e. The van der Waals surface area contributed by atoms with Crippen molar-refractivity contribution in [3.8, 4) is 0 Å². The highest BCUT2D eigenvalue weighted by molar-refractivity contribution is 6.30. The molecule has 0 aliphatic carbocycles. The van der Waals surface area contributed by atoms with Gasteiger partial charge in [-0.3, -0.25) is 4.68 Å². The molecule has 6 heteroatoms. The molecule has 1 aromatic carbocycles. The maximum absolute atomic E-state index is 11.8. The molecule has 0 unspecified atom stereocenters. The maximum atomic E-state index is 11.8. The summed E-state index contributed by atoms with van der Waals surface area (Å²) in [5.74, 6) is 0. The van der Waals surface area contributed by atoms with Gasteiger partial charge in [0.25, 0.3) is 0 Å². The van der Waals surface area contributed by atoms with Crippen molar-refractivity contribution in [1.82, 2.24) is 15.1 Å². The summed E-state index contributed by atoms with van der Waals surface area (Å²) in [7, 11) is 0. The SMILES string of the molecule is CCn1ncc(CNC(=O)Nc2cccc(Cl)c2)c1C. The average Bonchev–Trinajstić information content (AvgIpc) is 2.77. The quantitative estimate of drug-likeness (QED) is 0.909. The zero-order valence-corrected chi connectivity index (χ0v) is 12.2. The van der Waals surface area contributed by atoms with Crippen LogP contribution in [-0.2, 0) is 13.1 Å². The van der Waals surface area contributed by atoms with Crippen molar-refractivity contribution < 1.29 is 4.79 Å². The molecule has 20 heavy (non-hydrogen) atoms. The fourth-order valence-electron chi connectivity index (χ4n) is 1.89. The first-order valence-corrected chi connectivity index (χ1v) is 6.79. The standard InChI is InChI=1S/C14H17ClN4O/c1-3-19-10(2)11(9-17-19)8-16-14(20)18-13-6-4-5-12(15)7-13/h4-7,9H,3,8H2,1-2H3,(H2,16,18,20). The van der Waals surface area contributed by atoms with Gasteiger partial charge in [0.05, 0.1) is 6.20 Å². The number of amides is 2. The van der Waals surface area contributed by atoms with Crippen molar-refractivity contribution in [3.63, 3.8) is 0 Å². The van der Waals surface area contributed by atoms with Gasteiger partial charge < -0.3 is 10.6 Å². The summed E-state index contributed by atoms with van der Waals surface area (Å²) in [6, 6.07) is 6.75. The number of urea groups is 1. The molecule has 2 aromatic rings. The predicted octanol–water partition coefficient (Wildman–Crippen LogP) is 3.19. The van der Waals surface area contributed by atoms with E-state index in [2.05, 4.69) is 15.7 Å². The monoisotopic (exact) mass is 292 g/mol. The van der Waals surface area contributed by atoms with Gasteiger partial charge in [-0.1, -0.05) is 17.7 Å². The Kier molecular flexibility index (Phi) is 4.63. The topological polar surface area (TPSA) is 59.0 Å². The van der Waals surface area contributed by atoms with Crippen molar-refractivity contribution in [2.45, 2.75) is 26.9 Å². The molecule has 5 nitrogen and oxygen atoms in total. The number of aryl methyl sites for hydroxylation is 1. The van der Waals surface area contributed by atoms with Crippen LogP contribution in [-0.4, -0.2) is 15.8 Å². The lowest BCUT2D eigenvalue weighted by atomic mass is 10.2. The summed E-state index contributed by atoms with van der Waals surface area (Å²) in [5.41, 5.74) is 2.74. The van der Waals surface area contributed by atoms with E-state index in [9.17, 15) is 4.79 Å². The molecule has 0 saturated carbocycles. The lowest BCUT2D eigenvalue weighted by Crippen LogP contribution is -2.28. The molecule has 2 amide bonds. The highest BCUT2D eigenvalue weighted by Crippen LogP contribution is 2.14. The lowest BCUT2D eigenvalue weighted by molar-refractivity contribution is 0.251. The number of hydrogen-bond donors (Lipinski definition) is 2. The Morgan fingerprint density at radius 2 is 2.25 bits per heavy atom. The number of nitrogens with zero attached hydrogens (tertiary/aromatic N) is 2. The van der Waals surface area contributed by atoms with Crippen LogP contribution in [0.4, 0.5) is 10.5 Å². The van der Waals surface area contributed by atoms with Crippen molar-refractivity contribution in [1.29, 1.82) is 0 Å². The first-order valence-electron chi connectivity index (χ1n) is 6.42. The summed E-state index contributed by atoms with van der Waals surface area (Å²) in [4.78, 5) is 11.8. The Bertz CT molecular complexity index is 609. The molecule has 0 spiro atoms. The van der Waals surface area contributed by atoms with Gasteiger partial charge in [0.1, 0.15) is 0 Å². The highest BCUT2D eigenvalue weighted by atomic mass is 35.5. The van der Waals surface area contributed by atoms with Gasteiger partial charge in [0.15, 0.2) is 0 Å². The molecular weight excluding hydrogens is 276 g/mol. The fraction of sp³-hybridized carbons (Fsp3) is 0.286. The number of hydrogen-bond acceptors (Lipinski definition) is 2. The number of benzene rings is 1. The van der Waals surface area contributed by atoms with Gasteiger partial charge in [0, 0.05) is 35.1 Å². The molecule has 0 fully saturated rings. The van der Waals surface area contributed by atoms with Crippen molar-refractivity contribution in [2.24, 2.45) is 0 Å². The molecule has 2 rings (SSSR count).